The predicted octanol–water partition coefficient (Wildman–Crippen LogP) is 2.05. The van der Waals surface area contributed by atoms with Gasteiger partial charge in [-0.05, 0) is 18.6 Å². The summed E-state index contributed by atoms with van der Waals surface area (Å²) in [5, 5.41) is 0. The second-order valence-corrected chi connectivity index (χ2v) is 5.62. The molecule has 2 heterocycles. The topological polar surface area (TPSA) is 52.2 Å². The van der Waals surface area contributed by atoms with Crippen LogP contribution in [0.5, 0.6) is 0 Å². The van der Waals surface area contributed by atoms with Gasteiger partial charge in [-0.1, -0.05) is 31.5 Å². The zero-order chi connectivity index (χ0) is 15.4. The van der Waals surface area contributed by atoms with Gasteiger partial charge < -0.3 is 9.80 Å². The van der Waals surface area contributed by atoms with E-state index in [9.17, 15) is 4.79 Å². The van der Waals surface area contributed by atoms with Crippen LogP contribution in [0.3, 0.4) is 0 Å². The SMILES string of the molecule is CCCc1cc(=O)[nH]c(N2CCN(c3ccccc3)CC2)n1. The first-order valence-electron chi connectivity index (χ1n) is 7.91. The Labute approximate surface area is 130 Å². The van der Waals surface area contributed by atoms with Gasteiger partial charge in [0.15, 0.2) is 0 Å². The molecule has 1 aromatic carbocycles. The summed E-state index contributed by atoms with van der Waals surface area (Å²) in [7, 11) is 0. The average Bonchev–Trinajstić information content (AvgIpc) is 2.56. The van der Waals surface area contributed by atoms with Crippen LogP contribution in [-0.2, 0) is 6.42 Å². The van der Waals surface area contributed by atoms with E-state index in [4.69, 9.17) is 0 Å². The molecule has 2 aromatic rings. The van der Waals surface area contributed by atoms with E-state index in [0.717, 1.165) is 44.7 Å². The van der Waals surface area contributed by atoms with Crippen LogP contribution in [0.2, 0.25) is 0 Å². The fraction of sp³-hybridized carbons (Fsp3) is 0.412. The lowest BCUT2D eigenvalue weighted by Crippen LogP contribution is -2.47. The Morgan fingerprint density at radius 1 is 1.09 bits per heavy atom. The summed E-state index contributed by atoms with van der Waals surface area (Å²) in [6.07, 6.45) is 1.85. The van der Waals surface area contributed by atoms with Gasteiger partial charge in [0.05, 0.1) is 0 Å². The maximum atomic E-state index is 11.8. The second kappa shape index (κ2) is 6.64. The predicted molar refractivity (Wildman–Crippen MR) is 89.7 cm³/mol. The van der Waals surface area contributed by atoms with Crippen molar-refractivity contribution in [2.45, 2.75) is 19.8 Å². The molecular weight excluding hydrogens is 276 g/mol. The molecule has 0 aliphatic carbocycles. The normalized spacial score (nSPS) is 15.1. The van der Waals surface area contributed by atoms with E-state index in [-0.39, 0.29) is 5.56 Å². The first-order valence-corrected chi connectivity index (χ1v) is 7.91. The number of para-hydroxylation sites is 1. The van der Waals surface area contributed by atoms with Gasteiger partial charge in [-0.3, -0.25) is 9.78 Å². The molecule has 5 heteroatoms. The number of aryl methyl sites for hydroxylation is 1. The van der Waals surface area contributed by atoms with Gasteiger partial charge in [0.1, 0.15) is 0 Å². The first-order chi connectivity index (χ1) is 10.8. The molecule has 1 aliphatic heterocycles. The number of nitrogens with zero attached hydrogens (tertiary/aromatic N) is 3. The lowest BCUT2D eigenvalue weighted by atomic mass is 10.2. The number of nitrogens with one attached hydrogen (secondary N) is 1. The van der Waals surface area contributed by atoms with Crippen LogP contribution >= 0.6 is 0 Å². The molecule has 116 valence electrons. The highest BCUT2D eigenvalue weighted by Crippen LogP contribution is 2.17. The summed E-state index contributed by atoms with van der Waals surface area (Å²) in [4.78, 5) is 23.8. The van der Waals surface area contributed by atoms with Crippen LogP contribution in [-0.4, -0.2) is 36.1 Å². The molecule has 5 nitrogen and oxygen atoms in total. The van der Waals surface area contributed by atoms with E-state index in [1.54, 1.807) is 6.07 Å². The van der Waals surface area contributed by atoms with Crippen molar-refractivity contribution in [2.24, 2.45) is 0 Å². The maximum Gasteiger partial charge on any atom is 0.252 e. The molecule has 1 fully saturated rings. The third-order valence-electron chi connectivity index (χ3n) is 3.99. The Morgan fingerprint density at radius 3 is 2.45 bits per heavy atom. The Morgan fingerprint density at radius 2 is 1.77 bits per heavy atom. The van der Waals surface area contributed by atoms with Crippen molar-refractivity contribution in [1.29, 1.82) is 0 Å². The average molecular weight is 298 g/mol. The van der Waals surface area contributed by atoms with Crippen molar-refractivity contribution in [1.82, 2.24) is 9.97 Å². The van der Waals surface area contributed by atoms with Crippen LogP contribution in [0.25, 0.3) is 0 Å². The molecule has 0 bridgehead atoms. The molecule has 1 aliphatic rings. The number of rotatable bonds is 4. The number of aromatic nitrogens is 2. The van der Waals surface area contributed by atoms with Crippen LogP contribution in [0.4, 0.5) is 11.6 Å². The van der Waals surface area contributed by atoms with E-state index < -0.39 is 0 Å². The summed E-state index contributed by atoms with van der Waals surface area (Å²) in [6.45, 7) is 5.71. The molecule has 1 N–H and O–H groups in total. The first kappa shape index (κ1) is 14.6. The van der Waals surface area contributed by atoms with Gasteiger partial charge in [-0.25, -0.2) is 4.98 Å². The van der Waals surface area contributed by atoms with Crippen LogP contribution in [0, 0.1) is 0 Å². The molecular formula is C17H22N4O. The standard InChI is InChI=1S/C17H22N4O/c1-2-6-14-13-16(22)19-17(18-14)21-11-9-20(10-12-21)15-7-4-3-5-8-15/h3-5,7-8,13H,2,6,9-12H2,1H3,(H,18,19,22). The molecule has 22 heavy (non-hydrogen) atoms. The third kappa shape index (κ3) is 3.30. The van der Waals surface area contributed by atoms with Gasteiger partial charge >= 0.3 is 0 Å². The van der Waals surface area contributed by atoms with E-state index in [1.165, 1.54) is 5.69 Å². The summed E-state index contributed by atoms with van der Waals surface area (Å²) >= 11 is 0. The van der Waals surface area contributed by atoms with Gasteiger partial charge in [-0.15, -0.1) is 0 Å². The van der Waals surface area contributed by atoms with Crippen molar-refractivity contribution in [3.63, 3.8) is 0 Å². The van der Waals surface area contributed by atoms with Crippen molar-refractivity contribution < 1.29 is 0 Å². The number of hydrogen-bond acceptors (Lipinski definition) is 4. The number of anilines is 2. The molecule has 0 saturated carbocycles. The number of aromatic amines is 1. The van der Waals surface area contributed by atoms with Crippen LogP contribution in [0.15, 0.2) is 41.2 Å². The lowest BCUT2D eigenvalue weighted by Gasteiger charge is -2.36. The van der Waals surface area contributed by atoms with Crippen molar-refractivity contribution in [3.8, 4) is 0 Å². The fourth-order valence-electron chi connectivity index (χ4n) is 2.84. The number of piperazine rings is 1. The summed E-state index contributed by atoms with van der Waals surface area (Å²) in [5.41, 5.74) is 2.08. The molecule has 0 unspecified atom stereocenters. The van der Waals surface area contributed by atoms with E-state index in [0.29, 0.717) is 5.95 Å². The molecule has 0 spiro atoms. The number of benzene rings is 1. The fourth-order valence-corrected chi connectivity index (χ4v) is 2.84. The van der Waals surface area contributed by atoms with Gasteiger partial charge in [0, 0.05) is 43.6 Å². The minimum absolute atomic E-state index is 0.0565. The molecule has 1 saturated heterocycles. The Hall–Kier alpha value is -2.30. The Kier molecular flexibility index (Phi) is 4.42. The Bertz CT molecular complexity index is 660. The minimum atomic E-state index is -0.0565. The molecule has 0 radical (unpaired) electrons. The second-order valence-electron chi connectivity index (χ2n) is 5.62. The van der Waals surface area contributed by atoms with Crippen LogP contribution < -0.4 is 15.4 Å². The molecule has 0 atom stereocenters. The third-order valence-corrected chi connectivity index (χ3v) is 3.99. The Balaban J connectivity index is 1.70. The van der Waals surface area contributed by atoms with E-state index in [1.807, 2.05) is 6.07 Å². The van der Waals surface area contributed by atoms with Gasteiger partial charge in [0.25, 0.3) is 5.56 Å². The number of hydrogen-bond donors (Lipinski definition) is 1. The van der Waals surface area contributed by atoms with Crippen molar-refractivity contribution in [2.75, 3.05) is 36.0 Å². The lowest BCUT2D eigenvalue weighted by molar-refractivity contribution is 0.636. The highest BCUT2D eigenvalue weighted by molar-refractivity contribution is 5.48. The summed E-state index contributed by atoms with van der Waals surface area (Å²) in [6, 6.07) is 12.0. The van der Waals surface area contributed by atoms with E-state index >= 15 is 0 Å². The van der Waals surface area contributed by atoms with Crippen molar-refractivity contribution in [3.05, 3.63) is 52.4 Å². The van der Waals surface area contributed by atoms with Gasteiger partial charge in [0.2, 0.25) is 5.95 Å². The zero-order valence-electron chi connectivity index (χ0n) is 13.0. The molecule has 3 rings (SSSR count). The smallest absolute Gasteiger partial charge is 0.252 e. The van der Waals surface area contributed by atoms with E-state index in [2.05, 4.69) is 51.0 Å². The number of H-pyrrole nitrogens is 1. The van der Waals surface area contributed by atoms with Crippen molar-refractivity contribution >= 4 is 11.6 Å². The highest BCUT2D eigenvalue weighted by atomic mass is 16.1. The quantitative estimate of drug-likeness (QED) is 0.938. The summed E-state index contributed by atoms with van der Waals surface area (Å²) in [5.74, 6) is 0.712. The minimum Gasteiger partial charge on any atom is -0.368 e. The molecule has 1 aromatic heterocycles. The highest BCUT2D eigenvalue weighted by Gasteiger charge is 2.19. The summed E-state index contributed by atoms with van der Waals surface area (Å²) < 4.78 is 0. The van der Waals surface area contributed by atoms with Crippen LogP contribution in [0.1, 0.15) is 19.0 Å². The molecule has 0 amide bonds. The monoisotopic (exact) mass is 298 g/mol. The largest absolute Gasteiger partial charge is 0.368 e. The van der Waals surface area contributed by atoms with Gasteiger partial charge in [-0.2, -0.15) is 0 Å². The zero-order valence-corrected chi connectivity index (χ0v) is 13.0. The maximum absolute atomic E-state index is 11.8.